The van der Waals surface area contributed by atoms with Crippen LogP contribution in [0.4, 0.5) is 0 Å². The van der Waals surface area contributed by atoms with E-state index >= 15 is 0 Å². The summed E-state index contributed by atoms with van der Waals surface area (Å²) in [6.45, 7) is 0.467. The monoisotopic (exact) mass is 510 g/mol. The van der Waals surface area contributed by atoms with Gasteiger partial charge >= 0.3 is 0 Å². The summed E-state index contributed by atoms with van der Waals surface area (Å²) in [7, 11) is 0. The molecule has 0 radical (unpaired) electrons. The van der Waals surface area contributed by atoms with E-state index in [1.165, 1.54) is 11.2 Å². The Bertz CT molecular complexity index is 1330. The number of hydrogen-bond acceptors (Lipinski definition) is 7. The first-order valence-corrected chi connectivity index (χ1v) is 11.9. The molecule has 1 aliphatic carbocycles. The minimum atomic E-state index is -1.06. The predicted octanol–water partition coefficient (Wildman–Crippen LogP) is 0.695. The van der Waals surface area contributed by atoms with Crippen molar-refractivity contribution in [3.63, 3.8) is 0 Å². The molecule has 1 saturated carbocycles. The first kappa shape index (κ1) is 25.6. The average molecular weight is 511 g/mol. The second-order valence-corrected chi connectivity index (χ2v) is 9.09. The Morgan fingerprint density at radius 2 is 2.03 bits per heavy atom. The van der Waals surface area contributed by atoms with Crippen molar-refractivity contribution >= 4 is 34.4 Å². The third-order valence-corrected chi connectivity index (χ3v) is 6.71. The first-order valence-electron chi connectivity index (χ1n) is 11.5. The summed E-state index contributed by atoms with van der Waals surface area (Å²) in [5.74, 6) is 4.75. The van der Waals surface area contributed by atoms with E-state index in [9.17, 15) is 19.8 Å². The molecule has 0 aliphatic heterocycles. The van der Waals surface area contributed by atoms with Gasteiger partial charge in [-0.05, 0) is 30.7 Å². The number of aliphatic hydroxyl groups excluding tert-OH is 2. The van der Waals surface area contributed by atoms with Crippen LogP contribution in [-0.2, 0) is 4.79 Å². The van der Waals surface area contributed by atoms with Crippen LogP contribution in [0.3, 0.4) is 0 Å². The largest absolute Gasteiger partial charge is 0.390 e. The molecule has 0 unspecified atom stereocenters. The summed E-state index contributed by atoms with van der Waals surface area (Å²) in [5, 5.41) is 22.6. The standard InChI is InChI=1S/C25H27ClN6O4/c26-23-18-7-10-32(25(18)30-14-29-23)19-12-17(21(34)22(19)35)13-31(20(33)6-8-27)9-2-4-15-3-1-5-16(11-15)24(28)36/h1,3,5,7,10-11,14,17,19,21-22,34-35H,6,8-9,12-13,27H2,(H2,28,36)/t17-,19-,21-,22+/m1/s1. The highest BCUT2D eigenvalue weighted by molar-refractivity contribution is 6.33. The van der Waals surface area contributed by atoms with Gasteiger partial charge in [0.2, 0.25) is 11.8 Å². The lowest BCUT2D eigenvalue weighted by Gasteiger charge is -2.25. The Morgan fingerprint density at radius 3 is 2.78 bits per heavy atom. The number of aromatic nitrogens is 3. The van der Waals surface area contributed by atoms with E-state index in [0.717, 1.165) is 0 Å². The third-order valence-electron chi connectivity index (χ3n) is 6.40. The van der Waals surface area contributed by atoms with Crippen LogP contribution < -0.4 is 11.5 Å². The molecule has 1 aromatic carbocycles. The van der Waals surface area contributed by atoms with Crippen LogP contribution >= 0.6 is 11.6 Å². The molecular weight excluding hydrogens is 484 g/mol. The lowest BCUT2D eigenvalue weighted by molar-refractivity contribution is -0.131. The smallest absolute Gasteiger partial charge is 0.248 e. The third kappa shape index (κ3) is 5.34. The number of carbonyl (C=O) groups is 2. The zero-order valence-electron chi connectivity index (χ0n) is 19.4. The molecule has 3 aromatic rings. The fourth-order valence-corrected chi connectivity index (χ4v) is 4.76. The van der Waals surface area contributed by atoms with E-state index in [4.69, 9.17) is 23.1 Å². The molecule has 2 heterocycles. The fraction of sp³-hybridized carbons (Fsp3) is 0.360. The molecule has 0 bridgehead atoms. The lowest BCUT2D eigenvalue weighted by atomic mass is 10.0. The van der Waals surface area contributed by atoms with Crippen molar-refractivity contribution in [1.29, 1.82) is 0 Å². The molecule has 188 valence electrons. The summed E-state index contributed by atoms with van der Waals surface area (Å²) >= 11 is 6.15. The molecule has 4 atom stereocenters. The van der Waals surface area contributed by atoms with Crippen molar-refractivity contribution in [2.24, 2.45) is 17.4 Å². The van der Waals surface area contributed by atoms with Gasteiger partial charge in [0.25, 0.3) is 0 Å². The second kappa shape index (κ2) is 11.1. The predicted molar refractivity (Wildman–Crippen MR) is 134 cm³/mol. The number of primary amides is 1. The summed E-state index contributed by atoms with van der Waals surface area (Å²) < 4.78 is 1.79. The van der Waals surface area contributed by atoms with Crippen LogP contribution in [0.2, 0.25) is 5.15 Å². The lowest BCUT2D eigenvalue weighted by Crippen LogP contribution is -2.40. The number of halogens is 1. The van der Waals surface area contributed by atoms with E-state index in [2.05, 4.69) is 21.8 Å². The number of benzene rings is 1. The van der Waals surface area contributed by atoms with Crippen LogP contribution in [0.1, 0.15) is 34.8 Å². The van der Waals surface area contributed by atoms with Gasteiger partial charge in [0.15, 0.2) is 0 Å². The number of rotatable bonds is 7. The minimum absolute atomic E-state index is 0.0961. The van der Waals surface area contributed by atoms with Gasteiger partial charge in [0, 0.05) is 42.8 Å². The number of hydrogen-bond donors (Lipinski definition) is 4. The van der Waals surface area contributed by atoms with Gasteiger partial charge in [-0.25, -0.2) is 9.97 Å². The molecule has 0 spiro atoms. The maximum Gasteiger partial charge on any atom is 0.248 e. The highest BCUT2D eigenvalue weighted by Crippen LogP contribution is 2.38. The van der Waals surface area contributed by atoms with E-state index in [-0.39, 0.29) is 32.0 Å². The van der Waals surface area contributed by atoms with E-state index in [1.807, 2.05) is 0 Å². The normalized spacial score (nSPS) is 21.2. The molecule has 4 rings (SSSR count). The highest BCUT2D eigenvalue weighted by Gasteiger charge is 2.43. The van der Waals surface area contributed by atoms with Crippen LogP contribution in [0.25, 0.3) is 11.0 Å². The van der Waals surface area contributed by atoms with Crippen LogP contribution in [0, 0.1) is 17.8 Å². The zero-order valence-corrected chi connectivity index (χ0v) is 20.2. The summed E-state index contributed by atoms with van der Waals surface area (Å²) in [4.78, 5) is 34.0. The number of carbonyl (C=O) groups excluding carboxylic acids is 2. The highest BCUT2D eigenvalue weighted by atomic mass is 35.5. The van der Waals surface area contributed by atoms with Crippen molar-refractivity contribution in [3.05, 3.63) is 59.1 Å². The van der Waals surface area contributed by atoms with Crippen molar-refractivity contribution in [3.8, 4) is 11.8 Å². The molecular formula is C25H27ClN6O4. The summed E-state index contributed by atoms with van der Waals surface area (Å²) in [6.07, 6.45) is 1.53. The Hall–Kier alpha value is -3.49. The quantitative estimate of drug-likeness (QED) is 0.268. The van der Waals surface area contributed by atoms with Crippen LogP contribution in [0.5, 0.6) is 0 Å². The maximum atomic E-state index is 12.8. The molecule has 6 N–H and O–H groups in total. The summed E-state index contributed by atoms with van der Waals surface area (Å²) in [6, 6.07) is 7.92. The van der Waals surface area contributed by atoms with Gasteiger partial charge in [0.1, 0.15) is 23.2 Å². The first-order chi connectivity index (χ1) is 17.3. The molecule has 2 aromatic heterocycles. The SMILES string of the molecule is NCCC(=O)N(CC#Cc1cccc(C(N)=O)c1)C[C@H]1C[C@@H](n2ccc3c(Cl)ncnc32)[C@H](O)[C@@H]1O. The molecule has 0 saturated heterocycles. The van der Waals surface area contributed by atoms with Gasteiger partial charge in [-0.1, -0.05) is 29.5 Å². The van der Waals surface area contributed by atoms with Gasteiger partial charge in [-0.15, -0.1) is 0 Å². The maximum absolute atomic E-state index is 12.8. The Balaban J connectivity index is 1.51. The second-order valence-electron chi connectivity index (χ2n) is 8.73. The van der Waals surface area contributed by atoms with E-state index in [1.54, 1.807) is 41.1 Å². The number of aliphatic hydroxyl groups is 2. The van der Waals surface area contributed by atoms with Crippen molar-refractivity contribution in [2.75, 3.05) is 19.6 Å². The molecule has 36 heavy (non-hydrogen) atoms. The topological polar surface area (TPSA) is 161 Å². The van der Waals surface area contributed by atoms with Gasteiger partial charge in [-0.2, -0.15) is 0 Å². The van der Waals surface area contributed by atoms with E-state index in [0.29, 0.717) is 33.7 Å². The summed E-state index contributed by atoms with van der Waals surface area (Å²) in [5.41, 5.74) is 12.4. The Kier molecular flexibility index (Phi) is 7.86. The van der Waals surface area contributed by atoms with Crippen molar-refractivity contribution < 1.29 is 19.8 Å². The average Bonchev–Trinajstić information content (AvgIpc) is 3.41. The molecule has 11 heteroatoms. The Labute approximate surface area is 212 Å². The Morgan fingerprint density at radius 1 is 1.22 bits per heavy atom. The number of fused-ring (bicyclic) bond motifs is 1. The molecule has 1 fully saturated rings. The molecule has 10 nitrogen and oxygen atoms in total. The number of nitrogens with zero attached hydrogens (tertiary/aromatic N) is 4. The van der Waals surface area contributed by atoms with Gasteiger partial charge in [-0.3, -0.25) is 9.59 Å². The molecule has 2 amide bonds. The van der Waals surface area contributed by atoms with Crippen molar-refractivity contribution in [1.82, 2.24) is 19.4 Å². The van der Waals surface area contributed by atoms with E-state index < -0.39 is 30.1 Å². The molecule has 1 aliphatic rings. The fourth-order valence-electron chi connectivity index (χ4n) is 4.57. The van der Waals surface area contributed by atoms with Gasteiger partial charge in [0.05, 0.1) is 24.1 Å². The van der Waals surface area contributed by atoms with Crippen LogP contribution in [0.15, 0.2) is 42.9 Å². The van der Waals surface area contributed by atoms with Crippen molar-refractivity contribution in [2.45, 2.75) is 31.1 Å². The van der Waals surface area contributed by atoms with Gasteiger partial charge < -0.3 is 31.1 Å². The number of nitrogens with two attached hydrogens (primary N) is 2. The van der Waals surface area contributed by atoms with Crippen LogP contribution in [-0.4, -0.2) is 73.3 Å². The number of amides is 2. The zero-order chi connectivity index (χ0) is 25.8. The minimum Gasteiger partial charge on any atom is -0.390 e.